The molecule has 1 aliphatic rings. The zero-order valence-electron chi connectivity index (χ0n) is 11.2. The van der Waals surface area contributed by atoms with Gasteiger partial charge in [-0.15, -0.1) is 0 Å². The van der Waals surface area contributed by atoms with Crippen molar-refractivity contribution in [3.63, 3.8) is 0 Å². The molecule has 4 N–H and O–H groups in total. The van der Waals surface area contributed by atoms with Crippen LogP contribution >= 0.6 is 0 Å². The van der Waals surface area contributed by atoms with Gasteiger partial charge in [-0.2, -0.15) is 0 Å². The molecule has 0 saturated carbocycles. The highest BCUT2D eigenvalue weighted by Gasteiger charge is 2.29. The van der Waals surface area contributed by atoms with E-state index in [1.807, 2.05) is 24.3 Å². The van der Waals surface area contributed by atoms with Gasteiger partial charge in [-0.05, 0) is 18.9 Å². The number of carbonyl (C=O) groups excluding carboxylic acids is 1. The van der Waals surface area contributed by atoms with E-state index in [2.05, 4.69) is 10.5 Å². The Hall–Kier alpha value is -2.24. The number of fused-ring (bicyclic) bond motifs is 1. The van der Waals surface area contributed by atoms with Crippen LogP contribution in [-0.4, -0.2) is 30.1 Å². The highest BCUT2D eigenvalue weighted by Crippen LogP contribution is 2.33. The summed E-state index contributed by atoms with van der Waals surface area (Å²) in [6.07, 6.45) is 2.09. The van der Waals surface area contributed by atoms with Gasteiger partial charge in [0, 0.05) is 18.5 Å². The first-order chi connectivity index (χ1) is 9.72. The van der Waals surface area contributed by atoms with Gasteiger partial charge in [0.15, 0.2) is 0 Å². The number of para-hydroxylation sites is 1. The second-order valence-corrected chi connectivity index (χ2v) is 4.74. The Morgan fingerprint density at radius 3 is 3.05 bits per heavy atom. The Bertz CT molecular complexity index is 502. The number of unbranched alkanes of at least 4 members (excludes halogenated alkanes) is 1. The number of benzene rings is 1. The van der Waals surface area contributed by atoms with Gasteiger partial charge in [0.25, 0.3) is 0 Å². The third-order valence-electron chi connectivity index (χ3n) is 3.30. The van der Waals surface area contributed by atoms with Gasteiger partial charge < -0.3 is 21.0 Å². The molecule has 20 heavy (non-hydrogen) atoms. The van der Waals surface area contributed by atoms with Crippen LogP contribution in [0.15, 0.2) is 29.4 Å². The van der Waals surface area contributed by atoms with Gasteiger partial charge in [0.05, 0.1) is 0 Å². The Morgan fingerprint density at radius 2 is 2.25 bits per heavy atom. The molecule has 0 bridgehead atoms. The van der Waals surface area contributed by atoms with E-state index in [0.29, 0.717) is 19.6 Å². The van der Waals surface area contributed by atoms with Gasteiger partial charge in [-0.1, -0.05) is 23.4 Å². The summed E-state index contributed by atoms with van der Waals surface area (Å²) in [4.78, 5) is 12.1. The second-order valence-electron chi connectivity index (χ2n) is 4.74. The summed E-state index contributed by atoms with van der Waals surface area (Å²) in [7, 11) is 0. The quantitative estimate of drug-likeness (QED) is 0.239. The largest absolute Gasteiger partial charge is 0.492 e. The topological polar surface area (TPSA) is 96.9 Å². The first-order valence-electron chi connectivity index (χ1n) is 6.68. The maximum atomic E-state index is 12.1. The molecule has 108 valence electrons. The summed E-state index contributed by atoms with van der Waals surface area (Å²) in [6, 6.07) is 7.60. The molecule has 0 fully saturated rings. The van der Waals surface area contributed by atoms with Crippen LogP contribution in [0.25, 0.3) is 0 Å². The minimum absolute atomic E-state index is 0.0150. The summed E-state index contributed by atoms with van der Waals surface area (Å²) >= 11 is 0. The van der Waals surface area contributed by atoms with Crippen LogP contribution in [0.5, 0.6) is 5.75 Å². The average molecular weight is 277 g/mol. The number of hydrogen-bond donors (Lipinski definition) is 3. The van der Waals surface area contributed by atoms with Crippen molar-refractivity contribution in [1.29, 1.82) is 0 Å². The van der Waals surface area contributed by atoms with Crippen LogP contribution in [0.4, 0.5) is 0 Å². The highest BCUT2D eigenvalue weighted by molar-refractivity contribution is 5.85. The Kier molecular flexibility index (Phi) is 4.81. The molecular formula is C14H19N3O3. The number of amidine groups is 1. The number of oxime groups is 1. The number of carbonyl (C=O) groups is 1. The van der Waals surface area contributed by atoms with Crippen molar-refractivity contribution >= 4 is 11.7 Å². The van der Waals surface area contributed by atoms with E-state index >= 15 is 0 Å². The number of ether oxygens (including phenoxy) is 1. The predicted octanol–water partition coefficient (Wildman–Crippen LogP) is 1.20. The first-order valence-corrected chi connectivity index (χ1v) is 6.68. The molecule has 0 saturated heterocycles. The van der Waals surface area contributed by atoms with E-state index in [4.69, 9.17) is 15.7 Å². The number of hydrogen-bond acceptors (Lipinski definition) is 4. The Morgan fingerprint density at radius 1 is 1.45 bits per heavy atom. The van der Waals surface area contributed by atoms with Crippen LogP contribution in [0, 0.1) is 0 Å². The molecule has 1 atom stereocenters. The van der Waals surface area contributed by atoms with E-state index in [1.165, 1.54) is 0 Å². The van der Waals surface area contributed by atoms with Gasteiger partial charge in [-0.3, -0.25) is 4.79 Å². The minimum atomic E-state index is -0.227. The standard InChI is InChI=1S/C14H19N3O3/c15-13(17-19)7-3-4-8-16-14(18)11-9-20-12-6-2-1-5-10(11)12/h1-2,5-6,11,19H,3-4,7-9H2,(H2,15,17)(H,16,18). The van der Waals surface area contributed by atoms with Crippen molar-refractivity contribution in [1.82, 2.24) is 5.32 Å². The third-order valence-corrected chi connectivity index (χ3v) is 3.30. The molecule has 1 aliphatic heterocycles. The number of rotatable bonds is 6. The molecular weight excluding hydrogens is 258 g/mol. The van der Waals surface area contributed by atoms with Crippen molar-refractivity contribution in [3.05, 3.63) is 29.8 Å². The fourth-order valence-electron chi connectivity index (χ4n) is 2.20. The molecule has 1 aromatic carbocycles. The maximum absolute atomic E-state index is 12.1. The van der Waals surface area contributed by atoms with Crippen molar-refractivity contribution in [3.8, 4) is 5.75 Å². The van der Waals surface area contributed by atoms with Crippen molar-refractivity contribution in [2.24, 2.45) is 10.9 Å². The first kappa shape index (κ1) is 14.2. The number of nitrogens with two attached hydrogens (primary N) is 1. The maximum Gasteiger partial charge on any atom is 0.231 e. The van der Waals surface area contributed by atoms with E-state index in [0.717, 1.165) is 24.2 Å². The van der Waals surface area contributed by atoms with Crippen molar-refractivity contribution in [2.45, 2.75) is 25.2 Å². The summed E-state index contributed by atoms with van der Waals surface area (Å²) in [5.74, 6) is 0.767. The van der Waals surface area contributed by atoms with Crippen LogP contribution in [0.2, 0.25) is 0 Å². The number of nitrogens with one attached hydrogen (secondary N) is 1. The van der Waals surface area contributed by atoms with Gasteiger partial charge in [0.1, 0.15) is 24.1 Å². The predicted molar refractivity (Wildman–Crippen MR) is 74.9 cm³/mol. The fraction of sp³-hybridized carbons (Fsp3) is 0.429. The average Bonchev–Trinajstić information content (AvgIpc) is 2.90. The highest BCUT2D eigenvalue weighted by atomic mass is 16.5. The minimum Gasteiger partial charge on any atom is -0.492 e. The smallest absolute Gasteiger partial charge is 0.231 e. The zero-order valence-corrected chi connectivity index (χ0v) is 11.2. The molecule has 1 aromatic rings. The number of amides is 1. The van der Waals surface area contributed by atoms with Crippen LogP contribution in [0.3, 0.4) is 0 Å². The molecule has 0 aromatic heterocycles. The molecule has 0 spiro atoms. The van der Waals surface area contributed by atoms with Crippen LogP contribution in [-0.2, 0) is 4.79 Å². The molecule has 6 nitrogen and oxygen atoms in total. The lowest BCUT2D eigenvalue weighted by Gasteiger charge is -2.10. The molecule has 6 heteroatoms. The van der Waals surface area contributed by atoms with Crippen LogP contribution < -0.4 is 15.8 Å². The second kappa shape index (κ2) is 6.79. The lowest BCUT2D eigenvalue weighted by Crippen LogP contribution is -2.31. The van der Waals surface area contributed by atoms with E-state index in [9.17, 15) is 4.79 Å². The monoisotopic (exact) mass is 277 g/mol. The summed E-state index contributed by atoms with van der Waals surface area (Å²) in [5.41, 5.74) is 6.31. The molecule has 0 radical (unpaired) electrons. The zero-order chi connectivity index (χ0) is 14.4. The van der Waals surface area contributed by atoms with Gasteiger partial charge in [-0.25, -0.2) is 0 Å². The van der Waals surface area contributed by atoms with E-state index < -0.39 is 0 Å². The molecule has 0 aliphatic carbocycles. The van der Waals surface area contributed by atoms with Gasteiger partial charge >= 0.3 is 0 Å². The molecule has 1 heterocycles. The van der Waals surface area contributed by atoms with E-state index in [-0.39, 0.29) is 17.7 Å². The van der Waals surface area contributed by atoms with Crippen LogP contribution in [0.1, 0.15) is 30.7 Å². The number of nitrogens with zero attached hydrogens (tertiary/aromatic N) is 1. The molecule has 1 amide bonds. The van der Waals surface area contributed by atoms with Gasteiger partial charge in [0.2, 0.25) is 5.91 Å². The lowest BCUT2D eigenvalue weighted by molar-refractivity contribution is -0.122. The molecule has 2 rings (SSSR count). The summed E-state index contributed by atoms with van der Waals surface area (Å²) in [5, 5.41) is 14.2. The fourth-order valence-corrected chi connectivity index (χ4v) is 2.20. The Labute approximate surface area is 117 Å². The molecule has 1 unspecified atom stereocenters. The van der Waals surface area contributed by atoms with Crippen molar-refractivity contribution in [2.75, 3.05) is 13.2 Å². The summed E-state index contributed by atoms with van der Waals surface area (Å²) in [6.45, 7) is 0.978. The van der Waals surface area contributed by atoms with E-state index in [1.54, 1.807) is 0 Å². The summed E-state index contributed by atoms with van der Waals surface area (Å²) < 4.78 is 5.48. The van der Waals surface area contributed by atoms with Crippen molar-refractivity contribution < 1.29 is 14.7 Å². The lowest BCUT2D eigenvalue weighted by atomic mass is 10.0. The normalized spacial score (nSPS) is 17.4. The third kappa shape index (κ3) is 3.40. The Balaban J connectivity index is 1.74. The SMILES string of the molecule is NC(CCCCNC(=O)C1COc2ccccc21)=NO.